The van der Waals surface area contributed by atoms with Gasteiger partial charge >= 0.3 is 6.18 Å². The molecular weight excluding hydrogens is 607 g/mol. The predicted molar refractivity (Wildman–Crippen MR) is 159 cm³/mol. The van der Waals surface area contributed by atoms with Crippen molar-refractivity contribution in [3.8, 4) is 23.1 Å². The Hall–Kier alpha value is -4.15. The molecule has 0 radical (unpaired) electrons. The van der Waals surface area contributed by atoms with Crippen LogP contribution in [0.15, 0.2) is 70.5 Å². The number of benzene rings is 3. The van der Waals surface area contributed by atoms with Gasteiger partial charge in [-0.2, -0.15) is 13.2 Å². The van der Waals surface area contributed by atoms with Gasteiger partial charge in [-0.1, -0.05) is 31.0 Å². The summed E-state index contributed by atoms with van der Waals surface area (Å²) in [4.78, 5) is 14.1. The molecule has 6 nitrogen and oxygen atoms in total. The first-order valence-corrected chi connectivity index (χ1v) is 14.3. The molecule has 43 heavy (non-hydrogen) atoms. The molecule has 1 atom stereocenters. The van der Waals surface area contributed by atoms with Crippen molar-refractivity contribution in [2.24, 2.45) is 0 Å². The van der Waals surface area contributed by atoms with Crippen LogP contribution in [0.2, 0.25) is 0 Å². The summed E-state index contributed by atoms with van der Waals surface area (Å²) in [5.41, 5.74) is -0.574. The number of alkyl halides is 3. The quantitative estimate of drug-likeness (QED) is 0.106. The van der Waals surface area contributed by atoms with Crippen molar-refractivity contribution in [2.75, 3.05) is 22.3 Å². The highest BCUT2D eigenvalue weighted by Gasteiger charge is 2.36. The molecular formula is C30H23F5N4O2S2. The zero-order chi connectivity index (χ0) is 30.9. The molecule has 13 heteroatoms. The van der Waals surface area contributed by atoms with Crippen LogP contribution in [-0.4, -0.2) is 16.9 Å². The third-order valence-corrected chi connectivity index (χ3v) is 8.76. The van der Waals surface area contributed by atoms with Crippen molar-refractivity contribution in [3.63, 3.8) is 0 Å². The van der Waals surface area contributed by atoms with Crippen molar-refractivity contribution in [2.45, 2.75) is 30.6 Å². The van der Waals surface area contributed by atoms with Crippen LogP contribution in [-0.2, 0) is 12.6 Å². The number of hydrogen-bond acceptors (Lipinski definition) is 7. The minimum absolute atomic E-state index is 0.110. The molecule has 222 valence electrons. The van der Waals surface area contributed by atoms with Crippen LogP contribution < -0.4 is 20.3 Å². The molecule has 2 heterocycles. The second-order valence-electron chi connectivity index (χ2n) is 9.75. The lowest BCUT2D eigenvalue weighted by Gasteiger charge is -2.22. The molecule has 0 bridgehead atoms. The molecule has 2 N–H and O–H groups in total. The maximum atomic E-state index is 15.6. The van der Waals surface area contributed by atoms with E-state index in [2.05, 4.69) is 22.9 Å². The number of aromatic nitrogens is 1. The van der Waals surface area contributed by atoms with E-state index in [1.165, 1.54) is 47.7 Å². The van der Waals surface area contributed by atoms with Crippen molar-refractivity contribution < 1.29 is 26.7 Å². The molecule has 0 saturated heterocycles. The molecule has 3 aromatic carbocycles. The number of nitrogens with one attached hydrogen (secondary N) is 2. The van der Waals surface area contributed by atoms with Crippen LogP contribution in [0.25, 0.3) is 11.1 Å². The van der Waals surface area contributed by atoms with Gasteiger partial charge in [0.15, 0.2) is 11.6 Å². The van der Waals surface area contributed by atoms with Crippen molar-refractivity contribution in [1.82, 2.24) is 4.57 Å². The van der Waals surface area contributed by atoms with Gasteiger partial charge in [-0.25, -0.2) is 8.78 Å². The zero-order valence-corrected chi connectivity index (χ0v) is 24.1. The number of hydrogen-bond donors (Lipinski definition) is 3. The topological polar surface area (TPSA) is 79.1 Å². The molecule has 4 aromatic rings. The van der Waals surface area contributed by atoms with Gasteiger partial charge in [0.1, 0.15) is 5.82 Å². The molecule has 0 aliphatic carbocycles. The number of pyridine rings is 1. The summed E-state index contributed by atoms with van der Waals surface area (Å²) in [6.07, 6.45) is -3.91. The predicted octanol–water partition coefficient (Wildman–Crippen LogP) is 7.59. The van der Waals surface area contributed by atoms with Crippen LogP contribution in [0.1, 0.15) is 28.3 Å². The largest absolute Gasteiger partial charge is 0.416 e. The van der Waals surface area contributed by atoms with Crippen LogP contribution in [0.4, 0.5) is 33.3 Å². The van der Waals surface area contributed by atoms with E-state index in [4.69, 9.17) is 10.00 Å². The molecule has 0 amide bonds. The Morgan fingerprint density at radius 2 is 1.77 bits per heavy atom. The highest BCUT2D eigenvalue weighted by molar-refractivity contribution is 7.99. The van der Waals surface area contributed by atoms with Gasteiger partial charge in [0.05, 0.1) is 22.2 Å². The van der Waals surface area contributed by atoms with E-state index in [0.717, 1.165) is 29.6 Å². The summed E-state index contributed by atoms with van der Waals surface area (Å²) in [6.45, 7) is 1.77. The number of rotatable bonds is 8. The number of anilines is 2. The Labute approximate surface area is 253 Å². The van der Waals surface area contributed by atoms with Gasteiger partial charge in [-0.05, 0) is 60.5 Å². The maximum absolute atomic E-state index is 15.6. The fourth-order valence-electron chi connectivity index (χ4n) is 5.15. The maximum Gasteiger partial charge on any atom is 0.416 e. The van der Waals surface area contributed by atoms with Crippen molar-refractivity contribution in [1.29, 1.82) is 5.26 Å². The summed E-state index contributed by atoms with van der Waals surface area (Å²) < 4.78 is 81.2. The Balaban J connectivity index is 1.67. The van der Waals surface area contributed by atoms with Crippen LogP contribution in [0.3, 0.4) is 0 Å². The first kappa shape index (κ1) is 30.3. The van der Waals surface area contributed by atoms with E-state index in [1.54, 1.807) is 12.1 Å². The first-order valence-electron chi connectivity index (χ1n) is 12.9. The fourth-order valence-corrected chi connectivity index (χ4v) is 6.69. The summed E-state index contributed by atoms with van der Waals surface area (Å²) in [7, 11) is 0. The molecule has 0 spiro atoms. The first-order chi connectivity index (χ1) is 20.5. The monoisotopic (exact) mass is 630 g/mol. The van der Waals surface area contributed by atoms with Gasteiger partial charge in [0.25, 0.3) is 11.8 Å². The van der Waals surface area contributed by atoms with Gasteiger partial charge in [-0.15, -0.1) is 17.0 Å². The lowest BCUT2D eigenvalue weighted by atomic mass is 9.92. The Bertz CT molecular complexity index is 1790. The van der Waals surface area contributed by atoms with Crippen molar-refractivity contribution in [3.05, 3.63) is 105 Å². The summed E-state index contributed by atoms with van der Waals surface area (Å²) in [6, 6.07) is 13.4. The SMILES string of the molecule is Cc1c(Cc2c(F)cccc2C(F)(F)F)c2n(c(=O)c1-c1cccc(OC#N)c1F)C(CNc1ccc(NS)cc1)CS2. The number of thiol groups is 1. The van der Waals surface area contributed by atoms with Crippen LogP contribution in [0, 0.1) is 30.1 Å². The highest BCUT2D eigenvalue weighted by atomic mass is 32.2. The average molecular weight is 631 g/mol. The highest BCUT2D eigenvalue weighted by Crippen LogP contribution is 2.42. The molecule has 1 unspecified atom stereocenters. The molecule has 0 saturated carbocycles. The smallest absolute Gasteiger partial charge is 0.385 e. The number of nitrogens with zero attached hydrogens (tertiary/aromatic N) is 2. The normalized spacial score (nSPS) is 14.2. The molecule has 1 aliphatic rings. The summed E-state index contributed by atoms with van der Waals surface area (Å²) in [5, 5.41) is 12.6. The van der Waals surface area contributed by atoms with Gasteiger partial charge in [-0.3, -0.25) is 9.36 Å². The molecule has 5 rings (SSSR count). The number of thioether (sulfide) groups is 1. The number of halogens is 5. The van der Waals surface area contributed by atoms with E-state index in [-0.39, 0.29) is 28.8 Å². The van der Waals surface area contributed by atoms with E-state index < -0.39 is 52.7 Å². The summed E-state index contributed by atoms with van der Waals surface area (Å²) in [5.74, 6) is -2.05. The Morgan fingerprint density at radius 3 is 2.44 bits per heavy atom. The number of ether oxygens (including phenoxy) is 1. The third-order valence-electron chi connectivity index (χ3n) is 7.24. The van der Waals surface area contributed by atoms with E-state index in [1.807, 2.05) is 12.1 Å². The molecule has 1 aromatic heterocycles. The molecule has 1 aliphatic heterocycles. The van der Waals surface area contributed by atoms with E-state index in [9.17, 15) is 22.4 Å². The molecule has 0 fully saturated rings. The average Bonchev–Trinajstić information content (AvgIpc) is 3.40. The minimum atomic E-state index is -4.82. The van der Waals surface area contributed by atoms with E-state index in [0.29, 0.717) is 10.8 Å². The second kappa shape index (κ2) is 12.2. The van der Waals surface area contributed by atoms with Crippen molar-refractivity contribution >= 4 is 36.0 Å². The minimum Gasteiger partial charge on any atom is -0.385 e. The second-order valence-corrected chi connectivity index (χ2v) is 11.0. The van der Waals surface area contributed by atoms with E-state index >= 15 is 4.39 Å². The standard InChI is InChI=1S/C30H23F5N4O2S2/c1-16-21(12-22-23(30(33,34)35)5-3-6-24(22)31)29-39(19(14-43-29)13-37-17-8-10-18(38-42)11-9-17)28(40)26(16)20-4-2-7-25(27(20)32)41-15-36/h2-11,19,37-38,42H,12-14H2,1H3. The summed E-state index contributed by atoms with van der Waals surface area (Å²) >= 11 is 5.28. The lowest BCUT2D eigenvalue weighted by molar-refractivity contribution is -0.138. The fraction of sp³-hybridized carbons (Fsp3) is 0.200. The number of fused-ring (bicyclic) bond motifs is 1. The zero-order valence-electron chi connectivity index (χ0n) is 22.4. The van der Waals surface area contributed by atoms with Gasteiger partial charge in [0.2, 0.25) is 0 Å². The lowest BCUT2D eigenvalue weighted by Crippen LogP contribution is -2.31. The van der Waals surface area contributed by atoms with Crippen LogP contribution >= 0.6 is 24.6 Å². The number of nitriles is 1. The Kier molecular flexibility index (Phi) is 8.62. The van der Waals surface area contributed by atoms with Crippen LogP contribution in [0.5, 0.6) is 5.75 Å². The van der Waals surface area contributed by atoms with Gasteiger partial charge < -0.3 is 14.8 Å². The van der Waals surface area contributed by atoms with Gasteiger partial charge in [0, 0.05) is 41.2 Å². The Morgan fingerprint density at radius 1 is 1.07 bits per heavy atom. The third kappa shape index (κ3) is 5.89.